The third kappa shape index (κ3) is 2.22. The van der Waals surface area contributed by atoms with Crippen molar-refractivity contribution in [1.29, 1.82) is 0 Å². The number of ether oxygens (including phenoxy) is 1. The van der Waals surface area contributed by atoms with E-state index in [0.717, 1.165) is 20.4 Å². The highest BCUT2D eigenvalue weighted by atomic mass is 127. The number of rotatable bonds is 2. The zero-order valence-corrected chi connectivity index (χ0v) is 11.7. The quantitative estimate of drug-likeness (QED) is 0.672. The van der Waals surface area contributed by atoms with Gasteiger partial charge in [0.1, 0.15) is 5.69 Å². The maximum Gasteiger partial charge on any atom is 0.355 e. The number of aromatic amines is 1. The molecule has 0 unspecified atom stereocenters. The summed E-state index contributed by atoms with van der Waals surface area (Å²) in [7, 11) is 1.39. The Kier molecular flexibility index (Phi) is 3.51. The number of H-pyrrole nitrogens is 1. The molecular formula is C13H12INO2. The minimum Gasteiger partial charge on any atom is -0.464 e. The lowest BCUT2D eigenvalue weighted by Gasteiger charge is -1.99. The molecule has 0 spiro atoms. The van der Waals surface area contributed by atoms with Gasteiger partial charge in [-0.3, -0.25) is 0 Å². The Hall–Kier alpha value is -1.30. The number of methoxy groups -OCH3 is 1. The van der Waals surface area contributed by atoms with E-state index in [1.807, 2.05) is 37.3 Å². The van der Waals surface area contributed by atoms with Crippen molar-refractivity contribution in [3.63, 3.8) is 0 Å². The molecule has 0 fully saturated rings. The van der Waals surface area contributed by atoms with Crippen molar-refractivity contribution in [3.05, 3.63) is 45.2 Å². The van der Waals surface area contributed by atoms with E-state index in [4.69, 9.17) is 4.74 Å². The highest BCUT2D eigenvalue weighted by Crippen LogP contribution is 2.28. The molecule has 0 bridgehead atoms. The Morgan fingerprint density at radius 2 is 1.94 bits per heavy atom. The van der Waals surface area contributed by atoms with Crippen molar-refractivity contribution in [3.8, 4) is 11.3 Å². The summed E-state index contributed by atoms with van der Waals surface area (Å²) in [4.78, 5) is 14.7. The number of nitrogens with one attached hydrogen (secondary N) is 1. The van der Waals surface area contributed by atoms with Gasteiger partial charge in [-0.2, -0.15) is 0 Å². The van der Waals surface area contributed by atoms with E-state index < -0.39 is 0 Å². The summed E-state index contributed by atoms with van der Waals surface area (Å²) in [5, 5.41) is 0. The zero-order valence-electron chi connectivity index (χ0n) is 9.58. The van der Waals surface area contributed by atoms with E-state index in [-0.39, 0.29) is 5.97 Å². The van der Waals surface area contributed by atoms with Crippen LogP contribution < -0.4 is 0 Å². The Balaban J connectivity index is 2.54. The molecular weight excluding hydrogens is 329 g/mol. The fourth-order valence-corrected chi connectivity index (χ4v) is 2.33. The fourth-order valence-electron chi connectivity index (χ4n) is 1.71. The summed E-state index contributed by atoms with van der Waals surface area (Å²) < 4.78 is 5.66. The molecule has 0 aliphatic heterocycles. The van der Waals surface area contributed by atoms with Crippen LogP contribution in [0.5, 0.6) is 0 Å². The van der Waals surface area contributed by atoms with Gasteiger partial charge in [-0.05, 0) is 40.6 Å². The third-order valence-electron chi connectivity index (χ3n) is 2.63. The first kappa shape index (κ1) is 12.2. The average molecular weight is 341 g/mol. The molecule has 0 atom stereocenters. The number of halogens is 1. The normalized spacial score (nSPS) is 10.3. The van der Waals surface area contributed by atoms with Gasteiger partial charge >= 0.3 is 5.97 Å². The molecule has 4 heteroatoms. The highest BCUT2D eigenvalue weighted by molar-refractivity contribution is 14.1. The summed E-state index contributed by atoms with van der Waals surface area (Å²) in [5.41, 5.74) is 3.62. The maximum atomic E-state index is 11.6. The highest BCUT2D eigenvalue weighted by Gasteiger charge is 2.18. The lowest BCUT2D eigenvalue weighted by atomic mass is 10.1. The van der Waals surface area contributed by atoms with Gasteiger partial charge in [0.2, 0.25) is 0 Å². The molecule has 0 radical (unpaired) electrons. The second-order valence-corrected chi connectivity index (χ2v) is 4.75. The van der Waals surface area contributed by atoms with Crippen LogP contribution in [-0.4, -0.2) is 18.1 Å². The van der Waals surface area contributed by atoms with E-state index in [1.54, 1.807) is 0 Å². The van der Waals surface area contributed by atoms with Crippen LogP contribution in [0.4, 0.5) is 0 Å². The Morgan fingerprint density at radius 1 is 1.29 bits per heavy atom. The molecule has 2 rings (SSSR count). The van der Waals surface area contributed by atoms with Crippen LogP contribution in [0.2, 0.25) is 0 Å². The molecule has 88 valence electrons. The van der Waals surface area contributed by atoms with E-state index in [0.29, 0.717) is 5.69 Å². The van der Waals surface area contributed by atoms with E-state index in [9.17, 15) is 4.79 Å². The van der Waals surface area contributed by atoms with Crippen molar-refractivity contribution in [2.75, 3.05) is 7.11 Å². The van der Waals surface area contributed by atoms with Crippen LogP contribution in [-0.2, 0) is 4.74 Å². The van der Waals surface area contributed by atoms with Crippen LogP contribution in [0.1, 0.15) is 16.1 Å². The standard InChI is InChI=1S/C13H12INO2/c1-8-10(14)12(13(16)17-2)15-11(8)9-6-4-3-5-7-9/h3-7,15H,1-2H3. The first-order valence-corrected chi connectivity index (χ1v) is 6.24. The SMILES string of the molecule is COC(=O)c1[nH]c(-c2ccccc2)c(C)c1I. The van der Waals surface area contributed by atoms with Crippen LogP contribution >= 0.6 is 22.6 Å². The van der Waals surface area contributed by atoms with Crippen molar-refractivity contribution in [2.45, 2.75) is 6.92 Å². The van der Waals surface area contributed by atoms with Crippen LogP contribution in [0, 0.1) is 10.5 Å². The van der Waals surface area contributed by atoms with Gasteiger partial charge in [0.05, 0.1) is 12.8 Å². The summed E-state index contributed by atoms with van der Waals surface area (Å²) in [6, 6.07) is 9.93. The molecule has 1 heterocycles. The second kappa shape index (κ2) is 4.91. The van der Waals surface area contributed by atoms with Crippen molar-refractivity contribution in [1.82, 2.24) is 4.98 Å². The van der Waals surface area contributed by atoms with E-state index >= 15 is 0 Å². The molecule has 0 aliphatic carbocycles. The monoisotopic (exact) mass is 341 g/mol. The molecule has 1 aromatic carbocycles. The Morgan fingerprint density at radius 3 is 2.53 bits per heavy atom. The zero-order chi connectivity index (χ0) is 12.4. The number of aromatic nitrogens is 1. The smallest absolute Gasteiger partial charge is 0.355 e. The van der Waals surface area contributed by atoms with Gasteiger partial charge in [-0.1, -0.05) is 30.3 Å². The lowest BCUT2D eigenvalue weighted by Crippen LogP contribution is -2.03. The first-order valence-electron chi connectivity index (χ1n) is 5.17. The van der Waals surface area contributed by atoms with E-state index in [2.05, 4.69) is 27.6 Å². The summed E-state index contributed by atoms with van der Waals surface area (Å²) in [6.45, 7) is 1.99. The van der Waals surface area contributed by atoms with E-state index in [1.165, 1.54) is 7.11 Å². The second-order valence-electron chi connectivity index (χ2n) is 3.67. The molecule has 0 amide bonds. The minimum absolute atomic E-state index is 0.334. The number of esters is 1. The fraction of sp³-hybridized carbons (Fsp3) is 0.154. The molecule has 3 nitrogen and oxygen atoms in total. The molecule has 0 saturated carbocycles. The van der Waals surface area contributed by atoms with Gasteiger partial charge in [0, 0.05) is 3.57 Å². The van der Waals surface area contributed by atoms with Gasteiger partial charge in [0.15, 0.2) is 0 Å². The summed E-state index contributed by atoms with van der Waals surface area (Å²) >= 11 is 2.16. The van der Waals surface area contributed by atoms with Crippen LogP contribution in [0.25, 0.3) is 11.3 Å². The molecule has 2 aromatic rings. The first-order chi connectivity index (χ1) is 8.15. The number of benzene rings is 1. The number of hydrogen-bond acceptors (Lipinski definition) is 2. The molecule has 0 aliphatic rings. The van der Waals surface area contributed by atoms with Crippen molar-refractivity contribution in [2.24, 2.45) is 0 Å². The van der Waals surface area contributed by atoms with Gasteiger partial charge < -0.3 is 9.72 Å². The van der Waals surface area contributed by atoms with Crippen LogP contribution in [0.3, 0.4) is 0 Å². The number of carbonyl (C=O) groups excluding carboxylic acids is 1. The maximum absolute atomic E-state index is 11.6. The van der Waals surface area contributed by atoms with Crippen LogP contribution in [0.15, 0.2) is 30.3 Å². The molecule has 17 heavy (non-hydrogen) atoms. The van der Waals surface area contributed by atoms with Crippen molar-refractivity contribution >= 4 is 28.6 Å². The van der Waals surface area contributed by atoms with Gasteiger partial charge in [-0.15, -0.1) is 0 Å². The molecule has 1 aromatic heterocycles. The van der Waals surface area contributed by atoms with Crippen molar-refractivity contribution < 1.29 is 9.53 Å². The summed E-state index contributed by atoms with van der Waals surface area (Å²) in [6.07, 6.45) is 0. The minimum atomic E-state index is -0.334. The number of hydrogen-bond donors (Lipinski definition) is 1. The Bertz CT molecular complexity index is 546. The average Bonchev–Trinajstić information content (AvgIpc) is 2.67. The largest absolute Gasteiger partial charge is 0.464 e. The molecule has 1 N–H and O–H groups in total. The predicted molar refractivity (Wildman–Crippen MR) is 75.0 cm³/mol. The van der Waals surface area contributed by atoms with Gasteiger partial charge in [0.25, 0.3) is 0 Å². The van der Waals surface area contributed by atoms with Gasteiger partial charge in [-0.25, -0.2) is 4.79 Å². The third-order valence-corrected chi connectivity index (χ3v) is 3.97. The molecule has 0 saturated heterocycles. The lowest BCUT2D eigenvalue weighted by molar-refractivity contribution is 0.0593. The number of carbonyl (C=O) groups is 1. The summed E-state index contributed by atoms with van der Waals surface area (Å²) in [5.74, 6) is -0.334. The predicted octanol–water partition coefficient (Wildman–Crippen LogP) is 3.38. The Labute approximate surface area is 113 Å². The topological polar surface area (TPSA) is 42.1 Å².